The van der Waals surface area contributed by atoms with Crippen LogP contribution in [0.25, 0.3) is 11.6 Å². The highest BCUT2D eigenvalue weighted by atomic mass is 35.5. The molecule has 0 unspecified atom stereocenters. The van der Waals surface area contributed by atoms with E-state index in [9.17, 15) is 5.26 Å². The molecule has 0 saturated heterocycles. The fraction of sp³-hybridized carbons (Fsp3) is 0.211. The number of hydrogen-bond donors (Lipinski definition) is 0. The van der Waals surface area contributed by atoms with Gasteiger partial charge in [0.25, 0.3) is 0 Å². The van der Waals surface area contributed by atoms with Crippen molar-refractivity contribution in [3.05, 3.63) is 57.6 Å². The first kappa shape index (κ1) is 18.2. The normalized spacial score (nSPS) is 11.0. The van der Waals surface area contributed by atoms with Crippen molar-refractivity contribution in [2.24, 2.45) is 0 Å². The Bertz CT molecular complexity index is 794. The fourth-order valence-electron chi connectivity index (χ4n) is 2.20. The van der Waals surface area contributed by atoms with E-state index >= 15 is 0 Å². The zero-order valence-corrected chi connectivity index (χ0v) is 15.0. The maximum Gasteiger partial charge on any atom is 0.162 e. The Kier molecular flexibility index (Phi) is 6.54. The summed E-state index contributed by atoms with van der Waals surface area (Å²) >= 11 is 12.5. The second kappa shape index (κ2) is 8.63. The molecule has 0 aliphatic rings. The van der Waals surface area contributed by atoms with Gasteiger partial charge in [-0.2, -0.15) is 5.26 Å². The van der Waals surface area contributed by atoms with Crippen LogP contribution in [-0.2, 0) is 0 Å². The van der Waals surface area contributed by atoms with E-state index < -0.39 is 0 Å². The monoisotopic (exact) mass is 361 g/mol. The van der Waals surface area contributed by atoms with Crippen LogP contribution in [0, 0.1) is 11.3 Å². The first-order valence-electron chi connectivity index (χ1n) is 7.56. The third-order valence-corrected chi connectivity index (χ3v) is 3.90. The molecule has 2 rings (SSSR count). The van der Waals surface area contributed by atoms with Crippen LogP contribution in [-0.4, -0.2) is 13.2 Å². The van der Waals surface area contributed by atoms with Gasteiger partial charge in [0, 0.05) is 16.7 Å². The largest absolute Gasteiger partial charge is 0.490 e. The Balaban J connectivity index is 2.52. The number of rotatable bonds is 6. The summed E-state index contributed by atoms with van der Waals surface area (Å²) in [4.78, 5) is 0. The Morgan fingerprint density at radius 1 is 1.04 bits per heavy atom. The van der Waals surface area contributed by atoms with Crippen molar-refractivity contribution in [2.45, 2.75) is 13.8 Å². The Morgan fingerprint density at radius 2 is 1.67 bits per heavy atom. The van der Waals surface area contributed by atoms with Gasteiger partial charge in [-0.05, 0) is 37.6 Å². The quantitative estimate of drug-likeness (QED) is 0.478. The van der Waals surface area contributed by atoms with E-state index in [0.29, 0.717) is 51.5 Å². The minimum atomic E-state index is 0.425. The summed E-state index contributed by atoms with van der Waals surface area (Å²) in [6.07, 6.45) is 1.70. The van der Waals surface area contributed by atoms with Crippen LogP contribution in [0.2, 0.25) is 10.0 Å². The lowest BCUT2D eigenvalue weighted by molar-refractivity contribution is 0.288. The number of halogens is 2. The lowest BCUT2D eigenvalue weighted by Crippen LogP contribution is -1.99. The molecule has 5 heteroatoms. The molecule has 0 aliphatic heterocycles. The van der Waals surface area contributed by atoms with E-state index in [1.54, 1.807) is 30.3 Å². The highest BCUT2D eigenvalue weighted by molar-refractivity contribution is 6.33. The summed E-state index contributed by atoms with van der Waals surface area (Å²) in [5, 5.41) is 10.5. The molecule has 0 heterocycles. The topological polar surface area (TPSA) is 42.2 Å². The van der Waals surface area contributed by atoms with Crippen molar-refractivity contribution < 1.29 is 9.47 Å². The minimum Gasteiger partial charge on any atom is -0.490 e. The number of ether oxygens (including phenoxy) is 2. The summed E-state index contributed by atoms with van der Waals surface area (Å²) in [5.41, 5.74) is 1.75. The van der Waals surface area contributed by atoms with E-state index in [0.717, 1.165) is 0 Å². The van der Waals surface area contributed by atoms with Crippen LogP contribution in [0.1, 0.15) is 25.0 Å². The van der Waals surface area contributed by atoms with Gasteiger partial charge in [-0.15, -0.1) is 0 Å². The number of hydrogen-bond acceptors (Lipinski definition) is 3. The van der Waals surface area contributed by atoms with Crippen molar-refractivity contribution in [1.29, 1.82) is 5.26 Å². The summed E-state index contributed by atoms with van der Waals surface area (Å²) in [7, 11) is 0. The van der Waals surface area contributed by atoms with Crippen LogP contribution >= 0.6 is 23.2 Å². The van der Waals surface area contributed by atoms with Crippen LogP contribution < -0.4 is 9.47 Å². The third kappa shape index (κ3) is 4.23. The molecule has 0 amide bonds. The fourth-order valence-corrected chi connectivity index (χ4v) is 2.65. The third-order valence-electron chi connectivity index (χ3n) is 3.25. The van der Waals surface area contributed by atoms with Crippen LogP contribution in [0.4, 0.5) is 0 Å². The second-order valence-corrected chi connectivity index (χ2v) is 5.65. The van der Waals surface area contributed by atoms with Crippen LogP contribution in [0.5, 0.6) is 11.5 Å². The highest BCUT2D eigenvalue weighted by Crippen LogP contribution is 2.36. The van der Waals surface area contributed by atoms with Gasteiger partial charge in [-0.3, -0.25) is 0 Å². The summed E-state index contributed by atoms with van der Waals surface area (Å²) in [5.74, 6) is 1.17. The molecule has 0 atom stereocenters. The molecule has 0 saturated carbocycles. The van der Waals surface area contributed by atoms with Crippen LogP contribution in [0.15, 0.2) is 36.4 Å². The molecule has 0 fully saturated rings. The molecule has 2 aromatic rings. The Labute approximate surface area is 152 Å². The van der Waals surface area contributed by atoms with E-state index in [-0.39, 0.29) is 0 Å². The smallest absolute Gasteiger partial charge is 0.162 e. The van der Waals surface area contributed by atoms with Gasteiger partial charge in [-0.25, -0.2) is 0 Å². The van der Waals surface area contributed by atoms with E-state index in [1.165, 1.54) is 0 Å². The Morgan fingerprint density at radius 3 is 2.25 bits per heavy atom. The number of benzene rings is 2. The molecule has 0 N–H and O–H groups in total. The van der Waals surface area contributed by atoms with Crippen molar-refractivity contribution in [1.82, 2.24) is 0 Å². The highest BCUT2D eigenvalue weighted by Gasteiger charge is 2.12. The zero-order chi connectivity index (χ0) is 17.5. The van der Waals surface area contributed by atoms with E-state index in [1.807, 2.05) is 26.0 Å². The zero-order valence-electron chi connectivity index (χ0n) is 13.5. The predicted octanol–water partition coefficient (Wildman–Crippen LogP) is 5.85. The molecule has 0 bridgehead atoms. The molecule has 0 radical (unpaired) electrons. The van der Waals surface area contributed by atoms with Gasteiger partial charge >= 0.3 is 0 Å². The molecular formula is C19H17Cl2NO2. The standard InChI is InChI=1S/C19H17Cl2NO2/c1-3-23-18-10-13(17(21)11-19(18)24-4-2)9-14(12-22)15-7-5-6-8-16(15)20/h5-11H,3-4H2,1-2H3. The first-order valence-corrected chi connectivity index (χ1v) is 8.32. The molecule has 0 aromatic heterocycles. The molecule has 0 aliphatic carbocycles. The number of allylic oxidation sites excluding steroid dienone is 1. The van der Waals surface area contributed by atoms with Crippen molar-refractivity contribution in [3.63, 3.8) is 0 Å². The maximum atomic E-state index is 9.49. The summed E-state index contributed by atoms with van der Waals surface area (Å²) in [6, 6.07) is 12.8. The number of nitriles is 1. The average Bonchev–Trinajstić information content (AvgIpc) is 2.57. The van der Waals surface area contributed by atoms with E-state index in [4.69, 9.17) is 32.7 Å². The average molecular weight is 362 g/mol. The molecule has 0 spiro atoms. The van der Waals surface area contributed by atoms with Gasteiger partial charge in [0.15, 0.2) is 11.5 Å². The van der Waals surface area contributed by atoms with E-state index in [2.05, 4.69) is 6.07 Å². The van der Waals surface area contributed by atoms with Crippen molar-refractivity contribution >= 4 is 34.9 Å². The lowest BCUT2D eigenvalue weighted by Gasteiger charge is -2.13. The maximum absolute atomic E-state index is 9.49. The molecular weight excluding hydrogens is 345 g/mol. The Hall–Kier alpha value is -2.15. The second-order valence-electron chi connectivity index (χ2n) is 4.84. The molecule has 124 valence electrons. The minimum absolute atomic E-state index is 0.425. The van der Waals surface area contributed by atoms with Gasteiger partial charge < -0.3 is 9.47 Å². The van der Waals surface area contributed by atoms with Gasteiger partial charge in [0.1, 0.15) is 0 Å². The summed E-state index contributed by atoms with van der Waals surface area (Å²) in [6.45, 7) is 4.79. The number of nitrogens with zero attached hydrogens (tertiary/aromatic N) is 1. The van der Waals surface area contributed by atoms with Gasteiger partial charge in [0.2, 0.25) is 0 Å². The lowest BCUT2D eigenvalue weighted by atomic mass is 10.0. The van der Waals surface area contributed by atoms with Crippen LogP contribution in [0.3, 0.4) is 0 Å². The molecule has 24 heavy (non-hydrogen) atoms. The molecule has 2 aromatic carbocycles. The van der Waals surface area contributed by atoms with Gasteiger partial charge in [-0.1, -0.05) is 41.4 Å². The SMILES string of the molecule is CCOc1cc(Cl)c(C=C(C#N)c2ccccc2Cl)cc1OCC. The first-order chi connectivity index (χ1) is 11.6. The van der Waals surface area contributed by atoms with Crippen molar-refractivity contribution in [2.75, 3.05) is 13.2 Å². The van der Waals surface area contributed by atoms with Gasteiger partial charge in [0.05, 0.1) is 29.9 Å². The predicted molar refractivity (Wildman–Crippen MR) is 98.7 cm³/mol. The molecule has 3 nitrogen and oxygen atoms in total. The summed E-state index contributed by atoms with van der Waals surface area (Å²) < 4.78 is 11.2. The van der Waals surface area contributed by atoms with Crippen molar-refractivity contribution in [3.8, 4) is 17.6 Å².